The molecule has 0 spiro atoms. The summed E-state index contributed by atoms with van der Waals surface area (Å²) in [5.74, 6) is -1.13. The molecule has 1 fully saturated rings. The average molecular weight is 486 g/mol. The lowest BCUT2D eigenvalue weighted by Crippen LogP contribution is -2.32. The molecule has 0 saturated carbocycles. The lowest BCUT2D eigenvalue weighted by molar-refractivity contribution is -0.119. The maximum atomic E-state index is 13.1. The van der Waals surface area contributed by atoms with Gasteiger partial charge in [-0.25, -0.2) is 13.2 Å². The molecule has 3 rings (SSSR count). The second-order valence-electron chi connectivity index (χ2n) is 7.77. The van der Waals surface area contributed by atoms with Crippen LogP contribution in [-0.4, -0.2) is 44.2 Å². The molecule has 1 heterocycles. The monoisotopic (exact) mass is 485 g/mol. The first-order valence-corrected chi connectivity index (χ1v) is 12.5. The quantitative estimate of drug-likeness (QED) is 0.540. The van der Waals surface area contributed by atoms with Crippen molar-refractivity contribution in [1.29, 1.82) is 0 Å². The molecule has 0 radical (unpaired) electrons. The Hall–Kier alpha value is -1.67. The largest absolute Gasteiger partial charge is 0.454 e. The van der Waals surface area contributed by atoms with Crippen LogP contribution in [0.2, 0.25) is 10.0 Å². The van der Waals surface area contributed by atoms with Gasteiger partial charge in [0, 0.05) is 18.7 Å². The van der Waals surface area contributed by atoms with Crippen molar-refractivity contribution in [3.05, 3.63) is 51.5 Å². The first-order chi connectivity index (χ1) is 14.7. The van der Waals surface area contributed by atoms with Crippen LogP contribution in [0.5, 0.6) is 0 Å². The van der Waals surface area contributed by atoms with Crippen LogP contribution in [0.4, 0.5) is 0 Å². The molecule has 2 aliphatic rings. The van der Waals surface area contributed by atoms with Gasteiger partial charge in [-0.3, -0.25) is 4.79 Å². The van der Waals surface area contributed by atoms with Crippen LogP contribution >= 0.6 is 23.2 Å². The van der Waals surface area contributed by atoms with Crippen LogP contribution in [0.25, 0.3) is 0 Å². The van der Waals surface area contributed by atoms with E-state index in [1.807, 2.05) is 13.0 Å². The van der Waals surface area contributed by atoms with E-state index in [-0.39, 0.29) is 32.2 Å². The summed E-state index contributed by atoms with van der Waals surface area (Å²) in [6.45, 7) is 2.27. The first-order valence-electron chi connectivity index (χ1n) is 10.3. The highest BCUT2D eigenvalue weighted by molar-refractivity contribution is 7.89. The fourth-order valence-electron chi connectivity index (χ4n) is 3.71. The van der Waals surface area contributed by atoms with E-state index in [0.29, 0.717) is 18.7 Å². The normalized spacial score (nSPS) is 20.1. The predicted molar refractivity (Wildman–Crippen MR) is 120 cm³/mol. The number of halogens is 2. The van der Waals surface area contributed by atoms with Crippen molar-refractivity contribution in [2.45, 2.75) is 43.9 Å². The van der Waals surface area contributed by atoms with Crippen LogP contribution in [0, 0.1) is 5.92 Å². The molecule has 0 bridgehead atoms. The standard InChI is InChI=1S/C22H25Cl2NO5S/c1-15-8-4-5-9-16(15)20(26)14-30-22(27)17-12-21(19(24)13-18(17)23)31(28,29)25-10-6-2-3-7-11-25/h4-5,9,12-13,15H,2-3,6-8,10-11,14H2,1H3. The van der Waals surface area contributed by atoms with Crippen molar-refractivity contribution < 1.29 is 22.7 Å². The topological polar surface area (TPSA) is 80.8 Å². The number of sulfonamides is 1. The van der Waals surface area contributed by atoms with E-state index in [9.17, 15) is 18.0 Å². The Kier molecular flexibility index (Phi) is 7.97. The highest BCUT2D eigenvalue weighted by Crippen LogP contribution is 2.32. The van der Waals surface area contributed by atoms with Crippen molar-refractivity contribution in [3.8, 4) is 0 Å². The van der Waals surface area contributed by atoms with E-state index in [4.69, 9.17) is 27.9 Å². The maximum Gasteiger partial charge on any atom is 0.340 e. The van der Waals surface area contributed by atoms with Crippen LogP contribution in [0.3, 0.4) is 0 Å². The number of nitrogens with zero attached hydrogens (tertiary/aromatic N) is 1. The summed E-state index contributed by atoms with van der Waals surface area (Å²) in [6, 6.07) is 2.37. The zero-order valence-electron chi connectivity index (χ0n) is 17.3. The molecule has 1 aromatic carbocycles. The molecular formula is C22H25Cl2NO5S. The van der Waals surface area contributed by atoms with Gasteiger partial charge in [-0.15, -0.1) is 0 Å². The Morgan fingerprint density at radius 2 is 1.77 bits per heavy atom. The Morgan fingerprint density at radius 3 is 2.42 bits per heavy atom. The Balaban J connectivity index is 1.80. The summed E-state index contributed by atoms with van der Waals surface area (Å²) in [7, 11) is -3.89. The lowest BCUT2D eigenvalue weighted by Gasteiger charge is -2.21. The SMILES string of the molecule is CC1CC=CC=C1C(=O)COC(=O)c1cc(S(=O)(=O)N2CCCCCC2)c(Cl)cc1Cl. The van der Waals surface area contributed by atoms with Gasteiger partial charge in [0.2, 0.25) is 10.0 Å². The second kappa shape index (κ2) is 10.3. The molecule has 1 unspecified atom stereocenters. The summed E-state index contributed by atoms with van der Waals surface area (Å²) >= 11 is 12.3. The Bertz CT molecular complexity index is 1020. The molecule has 0 N–H and O–H groups in total. The Labute approximate surface area is 192 Å². The second-order valence-corrected chi connectivity index (χ2v) is 10.5. The molecule has 9 heteroatoms. The van der Waals surface area contributed by atoms with Crippen molar-refractivity contribution in [3.63, 3.8) is 0 Å². The van der Waals surface area contributed by atoms with Crippen molar-refractivity contribution in [2.24, 2.45) is 5.92 Å². The molecule has 1 aromatic rings. The fraction of sp³-hybridized carbons (Fsp3) is 0.455. The third-order valence-electron chi connectivity index (χ3n) is 5.51. The molecular weight excluding hydrogens is 461 g/mol. The third kappa shape index (κ3) is 5.58. The van der Waals surface area contributed by atoms with E-state index in [1.165, 1.54) is 10.4 Å². The van der Waals surface area contributed by atoms with Crippen molar-refractivity contribution in [1.82, 2.24) is 4.31 Å². The molecule has 1 atom stereocenters. The van der Waals surface area contributed by atoms with Gasteiger partial charge >= 0.3 is 5.97 Å². The summed E-state index contributed by atoms with van der Waals surface area (Å²) in [5.41, 5.74) is 0.444. The molecule has 6 nitrogen and oxygen atoms in total. The fourth-order valence-corrected chi connectivity index (χ4v) is 6.05. The summed E-state index contributed by atoms with van der Waals surface area (Å²) in [5, 5.41) is -0.0969. The third-order valence-corrected chi connectivity index (χ3v) is 8.19. The van der Waals surface area contributed by atoms with Crippen LogP contribution < -0.4 is 0 Å². The van der Waals surface area contributed by atoms with E-state index in [0.717, 1.165) is 38.2 Å². The molecule has 1 aliphatic carbocycles. The number of carbonyl (C=O) groups excluding carboxylic acids is 2. The van der Waals surface area contributed by atoms with Crippen LogP contribution in [0.15, 0.2) is 40.8 Å². The number of allylic oxidation sites excluding steroid dienone is 3. The van der Waals surface area contributed by atoms with Gasteiger partial charge in [0.1, 0.15) is 4.90 Å². The number of carbonyl (C=O) groups is 2. The summed E-state index contributed by atoms with van der Waals surface area (Å²) < 4.78 is 32.8. The van der Waals surface area contributed by atoms with E-state index >= 15 is 0 Å². The van der Waals surface area contributed by atoms with Crippen LogP contribution in [-0.2, 0) is 19.6 Å². The minimum atomic E-state index is -3.89. The number of rotatable bonds is 6. The molecule has 168 valence electrons. The summed E-state index contributed by atoms with van der Waals surface area (Å²) in [4.78, 5) is 24.8. The lowest BCUT2D eigenvalue weighted by atomic mass is 9.91. The Morgan fingerprint density at radius 1 is 1.10 bits per heavy atom. The van der Waals surface area contributed by atoms with Gasteiger partial charge in [-0.05, 0) is 37.3 Å². The average Bonchev–Trinajstić information content (AvgIpc) is 3.02. The highest BCUT2D eigenvalue weighted by atomic mass is 35.5. The highest BCUT2D eigenvalue weighted by Gasteiger charge is 2.30. The number of esters is 1. The maximum absolute atomic E-state index is 13.1. The number of ether oxygens (including phenoxy) is 1. The molecule has 0 amide bonds. The first kappa shape index (κ1) is 24.0. The molecule has 1 aliphatic heterocycles. The predicted octanol–water partition coefficient (Wildman–Crippen LogP) is 4.81. The summed E-state index contributed by atoms with van der Waals surface area (Å²) in [6.07, 6.45) is 9.69. The van der Waals surface area contributed by atoms with Gasteiger partial charge < -0.3 is 4.74 Å². The van der Waals surface area contributed by atoms with Crippen molar-refractivity contribution >= 4 is 45.0 Å². The van der Waals surface area contributed by atoms with E-state index < -0.39 is 22.6 Å². The minimum Gasteiger partial charge on any atom is -0.454 e. The number of ketones is 1. The van der Waals surface area contributed by atoms with Gasteiger partial charge in [-0.1, -0.05) is 61.2 Å². The van der Waals surface area contributed by atoms with Gasteiger partial charge in [-0.2, -0.15) is 4.31 Å². The number of Topliss-reactive ketones (excluding diaryl/α,β-unsaturated/α-hetero) is 1. The zero-order chi connectivity index (χ0) is 22.6. The van der Waals surface area contributed by atoms with Gasteiger partial charge in [0.05, 0.1) is 15.6 Å². The molecule has 31 heavy (non-hydrogen) atoms. The zero-order valence-corrected chi connectivity index (χ0v) is 19.6. The van der Waals surface area contributed by atoms with Gasteiger partial charge in [0.25, 0.3) is 0 Å². The minimum absolute atomic E-state index is 0.0366. The van der Waals surface area contributed by atoms with Crippen LogP contribution in [0.1, 0.15) is 49.4 Å². The molecule has 0 aromatic heterocycles. The number of benzene rings is 1. The van der Waals surface area contributed by atoms with Gasteiger partial charge in [0.15, 0.2) is 12.4 Å². The van der Waals surface area contributed by atoms with Crippen molar-refractivity contribution in [2.75, 3.05) is 19.7 Å². The molecule has 1 saturated heterocycles. The smallest absolute Gasteiger partial charge is 0.340 e. The number of hydrogen-bond donors (Lipinski definition) is 0. The van der Waals surface area contributed by atoms with E-state index in [2.05, 4.69) is 0 Å². The van der Waals surface area contributed by atoms with E-state index in [1.54, 1.807) is 12.2 Å². The number of hydrogen-bond acceptors (Lipinski definition) is 5.